The number of benzene rings is 1. The molecule has 0 fully saturated rings. The molecule has 1 rings (SSSR count). The molecule has 0 aliphatic rings. The number of para-hydroxylation sites is 1. The van der Waals surface area contributed by atoms with E-state index in [2.05, 4.69) is 56.6 Å². The van der Waals surface area contributed by atoms with Crippen molar-refractivity contribution in [1.29, 1.82) is 0 Å². The van der Waals surface area contributed by atoms with Crippen LogP contribution in [0.4, 0.5) is 5.69 Å². The Bertz CT molecular complexity index is 296. The predicted molar refractivity (Wildman–Crippen MR) is 70.8 cm³/mol. The Kier molecular flexibility index (Phi) is 5.03. The molecule has 0 unspecified atom stereocenters. The summed E-state index contributed by atoms with van der Waals surface area (Å²) in [4.78, 5) is 1.33. The van der Waals surface area contributed by atoms with E-state index in [0.29, 0.717) is 12.0 Å². The van der Waals surface area contributed by atoms with E-state index < -0.39 is 0 Å². The molecular weight excluding hydrogens is 202 g/mol. The summed E-state index contributed by atoms with van der Waals surface area (Å²) in [6, 6.07) is 9.08. The number of anilines is 1. The lowest BCUT2D eigenvalue weighted by Crippen LogP contribution is -2.24. The molecule has 1 atom stereocenters. The van der Waals surface area contributed by atoms with Crippen LogP contribution in [-0.4, -0.2) is 12.3 Å². The van der Waals surface area contributed by atoms with E-state index in [9.17, 15) is 0 Å². The first-order valence-electron chi connectivity index (χ1n) is 5.58. The minimum Gasteiger partial charge on any atom is -0.381 e. The van der Waals surface area contributed by atoms with Gasteiger partial charge in [0.25, 0.3) is 0 Å². The Morgan fingerprint density at radius 2 is 1.93 bits per heavy atom. The highest BCUT2D eigenvalue weighted by molar-refractivity contribution is 7.98. The quantitative estimate of drug-likeness (QED) is 0.749. The van der Waals surface area contributed by atoms with Crippen molar-refractivity contribution >= 4 is 17.4 Å². The molecule has 0 aromatic heterocycles. The van der Waals surface area contributed by atoms with Crippen LogP contribution in [0.5, 0.6) is 0 Å². The molecule has 0 spiro atoms. The summed E-state index contributed by atoms with van der Waals surface area (Å²) >= 11 is 1.80. The summed E-state index contributed by atoms with van der Waals surface area (Å²) in [5.41, 5.74) is 1.27. The fourth-order valence-electron chi connectivity index (χ4n) is 1.70. The van der Waals surface area contributed by atoms with E-state index in [1.165, 1.54) is 17.0 Å². The van der Waals surface area contributed by atoms with Crippen LogP contribution in [0.3, 0.4) is 0 Å². The van der Waals surface area contributed by atoms with E-state index in [4.69, 9.17) is 0 Å². The van der Waals surface area contributed by atoms with E-state index in [1.54, 1.807) is 11.8 Å². The zero-order chi connectivity index (χ0) is 11.3. The maximum atomic E-state index is 3.63. The monoisotopic (exact) mass is 223 g/mol. The zero-order valence-electron chi connectivity index (χ0n) is 10.1. The molecule has 1 aromatic carbocycles. The summed E-state index contributed by atoms with van der Waals surface area (Å²) in [5, 5.41) is 3.63. The van der Waals surface area contributed by atoms with Crippen molar-refractivity contribution in [3.05, 3.63) is 24.3 Å². The average molecular weight is 223 g/mol. The normalized spacial score (nSPS) is 12.9. The van der Waals surface area contributed by atoms with Crippen LogP contribution in [0.15, 0.2) is 29.2 Å². The molecule has 0 aliphatic carbocycles. The summed E-state index contributed by atoms with van der Waals surface area (Å²) in [5.74, 6) is 0.671. The van der Waals surface area contributed by atoms with Crippen molar-refractivity contribution in [2.24, 2.45) is 5.92 Å². The molecule has 0 radical (unpaired) electrons. The minimum atomic E-state index is 0.568. The van der Waals surface area contributed by atoms with E-state index in [-0.39, 0.29) is 0 Å². The third-order valence-corrected chi connectivity index (χ3v) is 3.49. The van der Waals surface area contributed by atoms with Crippen LogP contribution in [-0.2, 0) is 0 Å². The van der Waals surface area contributed by atoms with Gasteiger partial charge >= 0.3 is 0 Å². The fraction of sp³-hybridized carbons (Fsp3) is 0.538. The maximum Gasteiger partial charge on any atom is 0.0480 e. The first-order valence-corrected chi connectivity index (χ1v) is 6.81. The SMILES string of the molecule is CC[C@H](Nc1ccccc1SC)C(C)C. The molecule has 1 aromatic rings. The first-order chi connectivity index (χ1) is 7.19. The molecule has 0 saturated carbocycles. The standard InChI is InChI=1S/C13H21NS/c1-5-11(10(2)3)14-12-8-6-7-9-13(12)15-4/h6-11,14H,5H2,1-4H3/t11-/m0/s1. The smallest absolute Gasteiger partial charge is 0.0480 e. The molecule has 0 aliphatic heterocycles. The highest BCUT2D eigenvalue weighted by Gasteiger charge is 2.11. The minimum absolute atomic E-state index is 0.568. The van der Waals surface area contributed by atoms with Crippen LogP contribution in [0.1, 0.15) is 27.2 Å². The van der Waals surface area contributed by atoms with Gasteiger partial charge in [0.1, 0.15) is 0 Å². The molecule has 1 nitrogen and oxygen atoms in total. The Balaban J connectivity index is 2.78. The van der Waals surface area contributed by atoms with Gasteiger partial charge in [-0.2, -0.15) is 0 Å². The molecule has 0 bridgehead atoms. The van der Waals surface area contributed by atoms with Gasteiger partial charge in [-0.1, -0.05) is 32.9 Å². The lowest BCUT2D eigenvalue weighted by molar-refractivity contribution is 0.510. The number of thioether (sulfide) groups is 1. The number of nitrogens with one attached hydrogen (secondary N) is 1. The third kappa shape index (κ3) is 3.45. The van der Waals surface area contributed by atoms with Crippen LogP contribution in [0.2, 0.25) is 0 Å². The van der Waals surface area contributed by atoms with Gasteiger partial charge in [-0.05, 0) is 30.7 Å². The molecule has 0 saturated heterocycles. The Hall–Kier alpha value is -0.630. The third-order valence-electron chi connectivity index (χ3n) is 2.69. The van der Waals surface area contributed by atoms with Gasteiger partial charge in [-0.3, -0.25) is 0 Å². The van der Waals surface area contributed by atoms with Gasteiger partial charge < -0.3 is 5.32 Å². The van der Waals surface area contributed by atoms with Crippen molar-refractivity contribution < 1.29 is 0 Å². The van der Waals surface area contributed by atoms with Crippen LogP contribution >= 0.6 is 11.8 Å². The van der Waals surface area contributed by atoms with E-state index >= 15 is 0 Å². The molecule has 15 heavy (non-hydrogen) atoms. The second kappa shape index (κ2) is 6.06. The molecule has 0 heterocycles. The number of rotatable bonds is 5. The largest absolute Gasteiger partial charge is 0.381 e. The van der Waals surface area contributed by atoms with Gasteiger partial charge in [0.15, 0.2) is 0 Å². The summed E-state index contributed by atoms with van der Waals surface area (Å²) < 4.78 is 0. The molecule has 1 N–H and O–H groups in total. The second-order valence-electron chi connectivity index (χ2n) is 4.10. The number of hydrogen-bond acceptors (Lipinski definition) is 2. The second-order valence-corrected chi connectivity index (χ2v) is 4.95. The fourth-order valence-corrected chi connectivity index (χ4v) is 2.27. The summed E-state index contributed by atoms with van der Waals surface area (Å²) in [7, 11) is 0. The zero-order valence-corrected chi connectivity index (χ0v) is 10.9. The highest BCUT2D eigenvalue weighted by atomic mass is 32.2. The van der Waals surface area contributed by atoms with Crippen molar-refractivity contribution in [3.63, 3.8) is 0 Å². The highest BCUT2D eigenvalue weighted by Crippen LogP contribution is 2.26. The van der Waals surface area contributed by atoms with Crippen LogP contribution in [0.25, 0.3) is 0 Å². The molecule has 0 amide bonds. The molecule has 2 heteroatoms. The van der Waals surface area contributed by atoms with Gasteiger partial charge in [0.2, 0.25) is 0 Å². The van der Waals surface area contributed by atoms with Crippen molar-refractivity contribution in [1.82, 2.24) is 0 Å². The van der Waals surface area contributed by atoms with Crippen molar-refractivity contribution in [2.45, 2.75) is 38.1 Å². The van der Waals surface area contributed by atoms with E-state index in [0.717, 1.165) is 0 Å². The lowest BCUT2D eigenvalue weighted by atomic mass is 10.0. The Morgan fingerprint density at radius 3 is 2.47 bits per heavy atom. The van der Waals surface area contributed by atoms with Crippen molar-refractivity contribution in [3.8, 4) is 0 Å². The Morgan fingerprint density at radius 1 is 1.27 bits per heavy atom. The van der Waals surface area contributed by atoms with Crippen LogP contribution < -0.4 is 5.32 Å². The van der Waals surface area contributed by atoms with E-state index in [1.807, 2.05) is 0 Å². The topological polar surface area (TPSA) is 12.0 Å². The average Bonchev–Trinajstić information content (AvgIpc) is 2.25. The Labute approximate surface area is 97.7 Å². The number of hydrogen-bond donors (Lipinski definition) is 1. The van der Waals surface area contributed by atoms with Crippen LogP contribution in [0, 0.1) is 5.92 Å². The molecular formula is C13H21NS. The maximum absolute atomic E-state index is 3.63. The summed E-state index contributed by atoms with van der Waals surface area (Å²) in [6.45, 7) is 6.77. The predicted octanol–water partition coefficient (Wildman–Crippen LogP) is 4.26. The van der Waals surface area contributed by atoms with Gasteiger partial charge in [0.05, 0.1) is 0 Å². The van der Waals surface area contributed by atoms with Gasteiger partial charge in [0, 0.05) is 16.6 Å². The van der Waals surface area contributed by atoms with Gasteiger partial charge in [-0.15, -0.1) is 11.8 Å². The lowest BCUT2D eigenvalue weighted by Gasteiger charge is -2.23. The molecule has 84 valence electrons. The van der Waals surface area contributed by atoms with Gasteiger partial charge in [-0.25, -0.2) is 0 Å². The van der Waals surface area contributed by atoms with Crippen molar-refractivity contribution in [2.75, 3.05) is 11.6 Å². The first kappa shape index (κ1) is 12.4. The summed E-state index contributed by atoms with van der Waals surface area (Å²) in [6.07, 6.45) is 3.29.